The summed E-state index contributed by atoms with van der Waals surface area (Å²) in [5.41, 5.74) is 5.78. The Morgan fingerprint density at radius 2 is 1.65 bits per heavy atom. The van der Waals surface area contributed by atoms with Crippen molar-refractivity contribution in [2.24, 2.45) is 35.3 Å². The van der Waals surface area contributed by atoms with Crippen molar-refractivity contribution in [3.63, 3.8) is 0 Å². The highest BCUT2D eigenvalue weighted by Gasteiger charge is 2.68. The molecule has 0 aromatic heterocycles. The second kappa shape index (κ2) is 5.01. The van der Waals surface area contributed by atoms with E-state index in [-0.39, 0.29) is 0 Å². The first-order valence-electron chi connectivity index (χ1n) is 8.82. The summed E-state index contributed by atoms with van der Waals surface area (Å²) < 4.78 is 0. The number of carbonyl (C=O) groups excluding carboxylic acids is 1. The maximum Gasteiger partial charge on any atom is 0.226 e. The van der Waals surface area contributed by atoms with Crippen LogP contribution in [0.1, 0.15) is 51.4 Å². The molecule has 20 heavy (non-hydrogen) atoms. The minimum atomic E-state index is 0.398. The molecule has 4 unspecified atom stereocenters. The molecule has 0 spiro atoms. The van der Waals surface area contributed by atoms with E-state index in [2.05, 4.69) is 4.90 Å². The zero-order valence-corrected chi connectivity index (χ0v) is 12.5. The highest BCUT2D eigenvalue weighted by atomic mass is 16.2. The Balaban J connectivity index is 1.45. The predicted octanol–water partition coefficient (Wildman–Crippen LogP) is 2.40. The summed E-state index contributed by atoms with van der Waals surface area (Å²) in [6.07, 6.45) is 10.6. The van der Waals surface area contributed by atoms with Gasteiger partial charge in [-0.05, 0) is 55.8 Å². The molecule has 3 heteroatoms. The third-order valence-electron chi connectivity index (χ3n) is 6.69. The molecule has 112 valence electrons. The lowest BCUT2D eigenvalue weighted by Crippen LogP contribution is -2.45. The van der Waals surface area contributed by atoms with Gasteiger partial charge in [0.1, 0.15) is 0 Å². The fourth-order valence-electron chi connectivity index (χ4n) is 5.85. The number of nitrogens with zero attached hydrogens (tertiary/aromatic N) is 1. The van der Waals surface area contributed by atoms with Gasteiger partial charge < -0.3 is 10.6 Å². The van der Waals surface area contributed by atoms with Crippen molar-refractivity contribution in [3.05, 3.63) is 0 Å². The van der Waals surface area contributed by atoms with Crippen molar-refractivity contribution < 1.29 is 4.79 Å². The van der Waals surface area contributed by atoms with Gasteiger partial charge in [0.15, 0.2) is 0 Å². The second-order valence-electron chi connectivity index (χ2n) is 7.63. The molecule has 4 saturated carbocycles. The van der Waals surface area contributed by atoms with E-state index in [1.54, 1.807) is 0 Å². The van der Waals surface area contributed by atoms with Crippen LogP contribution in [-0.4, -0.2) is 29.9 Å². The molecule has 1 amide bonds. The number of nitrogens with two attached hydrogens (primary N) is 1. The third-order valence-corrected chi connectivity index (χ3v) is 6.69. The summed E-state index contributed by atoms with van der Waals surface area (Å²) in [6, 6.07) is 0.499. The van der Waals surface area contributed by atoms with Gasteiger partial charge in [-0.15, -0.1) is 0 Å². The lowest BCUT2D eigenvalue weighted by molar-refractivity contribution is -0.136. The molecule has 0 aromatic rings. The normalized spacial score (nSPS) is 42.5. The van der Waals surface area contributed by atoms with E-state index in [4.69, 9.17) is 5.73 Å². The molecule has 4 aliphatic rings. The monoisotopic (exact) mass is 276 g/mol. The maximum atomic E-state index is 13.0. The molecule has 0 aliphatic heterocycles. The van der Waals surface area contributed by atoms with Gasteiger partial charge in [-0.25, -0.2) is 0 Å². The summed E-state index contributed by atoms with van der Waals surface area (Å²) in [4.78, 5) is 15.2. The van der Waals surface area contributed by atoms with Crippen LogP contribution in [0.5, 0.6) is 0 Å². The van der Waals surface area contributed by atoms with Gasteiger partial charge in [0.2, 0.25) is 5.91 Å². The lowest BCUT2D eigenvalue weighted by atomic mass is 9.93. The molecule has 4 atom stereocenters. The standard InChI is InChI=1S/C17H28N2O/c18-8-9-19(13-4-2-1-3-5-13)17(20)16-14-11-6-7-12(10-11)15(14)16/h11-16H,1-10,18H2. The lowest BCUT2D eigenvalue weighted by Gasteiger charge is -2.35. The minimum Gasteiger partial charge on any atom is -0.338 e. The predicted molar refractivity (Wildman–Crippen MR) is 78.9 cm³/mol. The number of fused-ring (bicyclic) bond motifs is 5. The molecule has 4 fully saturated rings. The minimum absolute atomic E-state index is 0.398. The SMILES string of the molecule is NCCN(C(=O)C1C2C3CCC(C3)C12)C1CCCCC1. The molecule has 4 aliphatic carbocycles. The Bertz CT molecular complexity index is 374. The van der Waals surface area contributed by atoms with Crippen molar-refractivity contribution in [2.75, 3.05) is 13.1 Å². The van der Waals surface area contributed by atoms with E-state index in [1.165, 1.54) is 51.4 Å². The highest BCUT2D eigenvalue weighted by molar-refractivity contribution is 5.83. The van der Waals surface area contributed by atoms with Crippen LogP contribution in [0.25, 0.3) is 0 Å². The van der Waals surface area contributed by atoms with Crippen molar-refractivity contribution in [3.8, 4) is 0 Å². The van der Waals surface area contributed by atoms with Crippen molar-refractivity contribution in [1.82, 2.24) is 4.90 Å². The van der Waals surface area contributed by atoms with Crippen LogP contribution in [0.15, 0.2) is 0 Å². The van der Waals surface area contributed by atoms with Gasteiger partial charge in [-0.3, -0.25) is 4.79 Å². The van der Waals surface area contributed by atoms with E-state index in [9.17, 15) is 4.79 Å². The molecule has 0 radical (unpaired) electrons. The Hall–Kier alpha value is -0.570. The molecule has 3 nitrogen and oxygen atoms in total. The summed E-state index contributed by atoms with van der Waals surface area (Å²) in [7, 11) is 0. The molecule has 0 saturated heterocycles. The van der Waals surface area contributed by atoms with Crippen LogP contribution in [0.2, 0.25) is 0 Å². The van der Waals surface area contributed by atoms with Crippen LogP contribution in [0.4, 0.5) is 0 Å². The fraction of sp³-hybridized carbons (Fsp3) is 0.941. The quantitative estimate of drug-likeness (QED) is 0.857. The van der Waals surface area contributed by atoms with Gasteiger partial charge >= 0.3 is 0 Å². The summed E-state index contributed by atoms with van der Waals surface area (Å²) in [6.45, 7) is 1.41. The van der Waals surface area contributed by atoms with Gasteiger partial charge in [-0.2, -0.15) is 0 Å². The molecule has 4 rings (SSSR count). The Morgan fingerprint density at radius 1 is 1.00 bits per heavy atom. The van der Waals surface area contributed by atoms with Crippen LogP contribution in [0, 0.1) is 29.6 Å². The molecule has 0 aromatic carbocycles. The maximum absolute atomic E-state index is 13.0. The largest absolute Gasteiger partial charge is 0.338 e. The molecular formula is C17H28N2O. The highest BCUT2D eigenvalue weighted by Crippen LogP contribution is 2.69. The number of hydrogen-bond donors (Lipinski definition) is 1. The number of carbonyl (C=O) groups is 1. The van der Waals surface area contributed by atoms with Crippen LogP contribution in [-0.2, 0) is 4.79 Å². The van der Waals surface area contributed by atoms with Gasteiger partial charge in [0.05, 0.1) is 0 Å². The molecule has 2 N–H and O–H groups in total. The number of amides is 1. The summed E-state index contributed by atoms with van der Waals surface area (Å²) >= 11 is 0. The average molecular weight is 276 g/mol. The summed E-state index contributed by atoms with van der Waals surface area (Å²) in [5, 5.41) is 0. The first-order chi connectivity index (χ1) is 9.81. The topological polar surface area (TPSA) is 46.3 Å². The zero-order valence-electron chi connectivity index (χ0n) is 12.5. The van der Waals surface area contributed by atoms with Gasteiger partial charge in [0, 0.05) is 25.0 Å². The van der Waals surface area contributed by atoms with Gasteiger partial charge in [0.25, 0.3) is 0 Å². The zero-order chi connectivity index (χ0) is 13.7. The van der Waals surface area contributed by atoms with Crippen molar-refractivity contribution in [1.29, 1.82) is 0 Å². The van der Waals surface area contributed by atoms with E-state index >= 15 is 0 Å². The van der Waals surface area contributed by atoms with Gasteiger partial charge in [-0.1, -0.05) is 19.3 Å². The van der Waals surface area contributed by atoms with E-state index in [0.717, 1.165) is 30.2 Å². The first-order valence-corrected chi connectivity index (χ1v) is 8.82. The average Bonchev–Trinajstić information content (AvgIpc) is 2.92. The molecule has 2 bridgehead atoms. The van der Waals surface area contributed by atoms with E-state index in [1.807, 2.05) is 0 Å². The Kier molecular flexibility index (Phi) is 3.29. The van der Waals surface area contributed by atoms with Crippen LogP contribution >= 0.6 is 0 Å². The molecule has 0 heterocycles. The van der Waals surface area contributed by atoms with Crippen molar-refractivity contribution >= 4 is 5.91 Å². The van der Waals surface area contributed by atoms with Crippen molar-refractivity contribution in [2.45, 2.75) is 57.4 Å². The van der Waals surface area contributed by atoms with E-state index < -0.39 is 0 Å². The second-order valence-corrected chi connectivity index (χ2v) is 7.63. The Labute approximate surface area is 122 Å². The van der Waals surface area contributed by atoms with Crippen LogP contribution < -0.4 is 5.73 Å². The molecular weight excluding hydrogens is 248 g/mol. The first kappa shape index (κ1) is 13.1. The Morgan fingerprint density at radius 3 is 2.25 bits per heavy atom. The smallest absolute Gasteiger partial charge is 0.226 e. The van der Waals surface area contributed by atoms with Crippen LogP contribution in [0.3, 0.4) is 0 Å². The number of rotatable bonds is 4. The third kappa shape index (κ3) is 1.93. The number of hydrogen-bond acceptors (Lipinski definition) is 2. The fourth-order valence-corrected chi connectivity index (χ4v) is 5.85. The summed E-state index contributed by atoms with van der Waals surface area (Å²) in [5.74, 6) is 4.20. The van der Waals surface area contributed by atoms with E-state index in [0.29, 0.717) is 24.4 Å².